The van der Waals surface area contributed by atoms with Crippen LogP contribution in [0.25, 0.3) is 0 Å². The number of anilines is 1. The van der Waals surface area contributed by atoms with E-state index >= 15 is 0 Å². The van der Waals surface area contributed by atoms with E-state index in [0.717, 1.165) is 11.4 Å². The molecule has 1 unspecified atom stereocenters. The van der Waals surface area contributed by atoms with E-state index in [2.05, 4.69) is 10.2 Å². The normalized spacial score (nSPS) is 18.4. The number of rotatable bonds is 2. The van der Waals surface area contributed by atoms with Gasteiger partial charge in [0.05, 0.1) is 0 Å². The molecule has 2 amide bonds. The highest BCUT2D eigenvalue weighted by Gasteiger charge is 2.34. The summed E-state index contributed by atoms with van der Waals surface area (Å²) in [5, 5.41) is 7.35. The minimum Gasteiger partial charge on any atom is -0.323 e. The summed E-state index contributed by atoms with van der Waals surface area (Å²) in [5.41, 5.74) is 1.93. The van der Waals surface area contributed by atoms with Gasteiger partial charge < -0.3 is 9.80 Å². The molecule has 1 fully saturated rings. The van der Waals surface area contributed by atoms with E-state index < -0.39 is 0 Å². The second kappa shape index (κ2) is 6.04. The van der Waals surface area contributed by atoms with Crippen LogP contribution in [0.2, 0.25) is 5.02 Å². The van der Waals surface area contributed by atoms with Crippen LogP contribution in [-0.2, 0) is 4.79 Å². The summed E-state index contributed by atoms with van der Waals surface area (Å²) < 4.78 is 0. The van der Waals surface area contributed by atoms with E-state index in [4.69, 9.17) is 11.6 Å². The first-order valence-corrected chi connectivity index (χ1v) is 7.72. The van der Waals surface area contributed by atoms with Gasteiger partial charge in [0, 0.05) is 29.0 Å². The molecule has 1 aliphatic rings. The number of nitrogens with one attached hydrogen (secondary N) is 1. The van der Waals surface area contributed by atoms with Crippen LogP contribution < -0.4 is 4.90 Å². The maximum Gasteiger partial charge on any atom is 0.275 e. The maximum atomic E-state index is 12.5. The van der Waals surface area contributed by atoms with Gasteiger partial charge in [0.25, 0.3) is 5.91 Å². The molecule has 1 aliphatic heterocycles. The maximum absolute atomic E-state index is 12.5. The van der Waals surface area contributed by atoms with Crippen molar-refractivity contribution >= 4 is 29.1 Å². The fourth-order valence-electron chi connectivity index (χ4n) is 2.67. The SMILES string of the molecule is Cc1cc(C(=O)N2CC(=O)N(c3ccc(Cl)cc3)CC2C)n[nH]1. The summed E-state index contributed by atoms with van der Waals surface area (Å²) >= 11 is 5.88. The van der Waals surface area contributed by atoms with Crippen molar-refractivity contribution in [2.75, 3.05) is 18.0 Å². The van der Waals surface area contributed by atoms with Crippen molar-refractivity contribution in [3.05, 3.63) is 46.7 Å². The molecule has 23 heavy (non-hydrogen) atoms. The Morgan fingerprint density at radius 1 is 1.35 bits per heavy atom. The highest BCUT2D eigenvalue weighted by atomic mass is 35.5. The zero-order valence-corrected chi connectivity index (χ0v) is 13.7. The molecule has 6 nitrogen and oxygen atoms in total. The van der Waals surface area contributed by atoms with Crippen molar-refractivity contribution in [1.82, 2.24) is 15.1 Å². The van der Waals surface area contributed by atoms with Crippen LogP contribution in [0.15, 0.2) is 30.3 Å². The van der Waals surface area contributed by atoms with Crippen molar-refractivity contribution in [3.8, 4) is 0 Å². The van der Waals surface area contributed by atoms with Gasteiger partial charge in [-0.2, -0.15) is 5.10 Å². The number of aromatic nitrogens is 2. The number of nitrogens with zero attached hydrogens (tertiary/aromatic N) is 3. The predicted molar refractivity (Wildman–Crippen MR) is 87.6 cm³/mol. The molecule has 2 heterocycles. The topological polar surface area (TPSA) is 69.3 Å². The number of carbonyl (C=O) groups excluding carboxylic acids is 2. The number of hydrogen-bond acceptors (Lipinski definition) is 3. The molecule has 3 rings (SSSR count). The van der Waals surface area contributed by atoms with Crippen LogP contribution in [0.3, 0.4) is 0 Å². The fourth-order valence-corrected chi connectivity index (χ4v) is 2.79. The van der Waals surface area contributed by atoms with Crippen molar-refractivity contribution in [2.45, 2.75) is 19.9 Å². The molecule has 2 aromatic rings. The van der Waals surface area contributed by atoms with Gasteiger partial charge in [-0.05, 0) is 44.2 Å². The predicted octanol–water partition coefficient (Wildman–Crippen LogP) is 2.25. The number of hydrogen-bond donors (Lipinski definition) is 1. The number of piperazine rings is 1. The first-order valence-electron chi connectivity index (χ1n) is 7.34. The zero-order valence-electron chi connectivity index (χ0n) is 12.9. The van der Waals surface area contributed by atoms with Gasteiger partial charge in [-0.3, -0.25) is 14.7 Å². The van der Waals surface area contributed by atoms with Crippen LogP contribution in [0.4, 0.5) is 5.69 Å². The first-order chi connectivity index (χ1) is 11.0. The summed E-state index contributed by atoms with van der Waals surface area (Å²) in [7, 11) is 0. The van der Waals surface area contributed by atoms with Crippen LogP contribution in [0, 0.1) is 6.92 Å². The molecule has 7 heteroatoms. The molecule has 0 saturated carbocycles. The lowest BCUT2D eigenvalue weighted by molar-refractivity contribution is -0.121. The standard InChI is InChI=1S/C16H17ClN4O2/c1-10-7-14(19-18-10)16(23)20-9-15(22)21(8-11(20)2)13-5-3-12(17)4-6-13/h3-7,11H,8-9H2,1-2H3,(H,18,19). The molecule has 1 aromatic heterocycles. The quantitative estimate of drug-likeness (QED) is 0.917. The van der Waals surface area contributed by atoms with E-state index in [-0.39, 0.29) is 24.4 Å². The molecule has 0 aliphatic carbocycles. The summed E-state index contributed by atoms with van der Waals surface area (Å²) in [6, 6.07) is 8.69. The average Bonchev–Trinajstić information content (AvgIpc) is 2.96. The number of halogens is 1. The molecule has 1 N–H and O–H groups in total. The third kappa shape index (κ3) is 3.07. The molecule has 120 valence electrons. The molecule has 1 atom stereocenters. The molecular formula is C16H17ClN4O2. The highest BCUT2D eigenvalue weighted by Crippen LogP contribution is 2.23. The Hall–Kier alpha value is -2.34. The third-order valence-corrected chi connectivity index (χ3v) is 4.16. The van der Waals surface area contributed by atoms with E-state index in [1.807, 2.05) is 26.0 Å². The first kappa shape index (κ1) is 15.6. The largest absolute Gasteiger partial charge is 0.323 e. The lowest BCUT2D eigenvalue weighted by atomic mass is 10.1. The van der Waals surface area contributed by atoms with E-state index in [1.165, 1.54) is 0 Å². The van der Waals surface area contributed by atoms with Crippen LogP contribution >= 0.6 is 11.6 Å². The molecule has 0 bridgehead atoms. The molecule has 0 radical (unpaired) electrons. The van der Waals surface area contributed by atoms with Crippen LogP contribution in [0.1, 0.15) is 23.1 Å². The Kier molecular flexibility index (Phi) is 4.09. The highest BCUT2D eigenvalue weighted by molar-refractivity contribution is 6.30. The number of aryl methyl sites for hydroxylation is 1. The van der Waals surface area contributed by atoms with Crippen molar-refractivity contribution in [1.29, 1.82) is 0 Å². The molecular weight excluding hydrogens is 316 g/mol. The smallest absolute Gasteiger partial charge is 0.275 e. The minimum absolute atomic E-state index is 0.0362. The Balaban J connectivity index is 1.78. The number of H-pyrrole nitrogens is 1. The Bertz CT molecular complexity index is 741. The molecule has 0 spiro atoms. The number of amides is 2. The van der Waals surface area contributed by atoms with Gasteiger partial charge in [-0.1, -0.05) is 11.6 Å². The van der Waals surface area contributed by atoms with Crippen LogP contribution in [-0.4, -0.2) is 46.0 Å². The summed E-state index contributed by atoms with van der Waals surface area (Å²) in [6.45, 7) is 4.23. The fraction of sp³-hybridized carbons (Fsp3) is 0.312. The van der Waals surface area contributed by atoms with Gasteiger partial charge >= 0.3 is 0 Å². The lowest BCUT2D eigenvalue weighted by Crippen LogP contribution is -2.57. The summed E-state index contributed by atoms with van der Waals surface area (Å²) in [4.78, 5) is 28.2. The number of aromatic amines is 1. The second-order valence-corrected chi connectivity index (χ2v) is 6.14. The number of benzene rings is 1. The van der Waals surface area contributed by atoms with Crippen molar-refractivity contribution in [3.63, 3.8) is 0 Å². The van der Waals surface area contributed by atoms with Gasteiger partial charge in [0.2, 0.25) is 5.91 Å². The molecule has 1 aromatic carbocycles. The minimum atomic E-state index is -0.231. The van der Waals surface area contributed by atoms with Crippen molar-refractivity contribution < 1.29 is 9.59 Å². The van der Waals surface area contributed by atoms with Gasteiger partial charge in [-0.25, -0.2) is 0 Å². The average molecular weight is 333 g/mol. The second-order valence-electron chi connectivity index (χ2n) is 5.70. The summed E-state index contributed by atoms with van der Waals surface area (Å²) in [6.07, 6.45) is 0. The van der Waals surface area contributed by atoms with E-state index in [0.29, 0.717) is 17.3 Å². The monoisotopic (exact) mass is 332 g/mol. The van der Waals surface area contributed by atoms with Gasteiger partial charge in [0.15, 0.2) is 0 Å². The van der Waals surface area contributed by atoms with Crippen LogP contribution in [0.5, 0.6) is 0 Å². The Morgan fingerprint density at radius 3 is 2.65 bits per heavy atom. The number of carbonyl (C=O) groups is 2. The summed E-state index contributed by atoms with van der Waals surface area (Å²) in [5.74, 6) is -0.350. The lowest BCUT2D eigenvalue weighted by Gasteiger charge is -2.39. The van der Waals surface area contributed by atoms with E-state index in [1.54, 1.807) is 28.0 Å². The van der Waals surface area contributed by atoms with E-state index in [9.17, 15) is 9.59 Å². The van der Waals surface area contributed by atoms with Gasteiger partial charge in [-0.15, -0.1) is 0 Å². The third-order valence-electron chi connectivity index (χ3n) is 3.91. The van der Waals surface area contributed by atoms with Crippen molar-refractivity contribution in [2.24, 2.45) is 0 Å². The Labute approximate surface area is 139 Å². The zero-order chi connectivity index (χ0) is 16.6. The van der Waals surface area contributed by atoms with Gasteiger partial charge in [0.1, 0.15) is 12.2 Å². The molecule has 1 saturated heterocycles. The Morgan fingerprint density at radius 2 is 2.04 bits per heavy atom.